The van der Waals surface area contributed by atoms with Crippen LogP contribution in [-0.2, 0) is 4.74 Å². The third-order valence-electron chi connectivity index (χ3n) is 5.63. The highest BCUT2D eigenvalue weighted by Gasteiger charge is 2.28. The van der Waals surface area contributed by atoms with E-state index in [2.05, 4.69) is 21.3 Å². The first-order valence-electron chi connectivity index (χ1n) is 10.1. The van der Waals surface area contributed by atoms with Crippen molar-refractivity contribution in [2.24, 2.45) is 0 Å². The van der Waals surface area contributed by atoms with Crippen LogP contribution in [0.25, 0.3) is 0 Å². The van der Waals surface area contributed by atoms with Gasteiger partial charge in [-0.1, -0.05) is 0 Å². The Hall–Kier alpha value is -1.44. The molecule has 0 radical (unpaired) electrons. The summed E-state index contributed by atoms with van der Waals surface area (Å²) in [5.74, 6) is 2.00. The highest BCUT2D eigenvalue weighted by molar-refractivity contribution is 5.46. The van der Waals surface area contributed by atoms with E-state index in [1.54, 1.807) is 0 Å². The number of β-amino-alcohol motifs (C(OH)–C–C–N with tert-alkyl or cyclic N) is 1. The SMILES string of the molecule is OC1CN(c2nc(NCCCCN3CCCC3)cc([C@H]3CCOC3)n2)C1. The zero-order valence-electron chi connectivity index (χ0n) is 15.6. The first-order chi connectivity index (χ1) is 12.8. The summed E-state index contributed by atoms with van der Waals surface area (Å²) in [5.41, 5.74) is 1.06. The van der Waals surface area contributed by atoms with E-state index in [1.807, 2.05) is 4.90 Å². The Morgan fingerprint density at radius 1 is 1.19 bits per heavy atom. The number of unbranched alkanes of at least 4 members (excludes halogenated alkanes) is 1. The highest BCUT2D eigenvalue weighted by atomic mass is 16.5. The molecule has 0 bridgehead atoms. The van der Waals surface area contributed by atoms with Crippen molar-refractivity contribution in [3.63, 3.8) is 0 Å². The minimum atomic E-state index is -0.251. The first kappa shape index (κ1) is 17.9. The summed E-state index contributed by atoms with van der Waals surface area (Å²) in [7, 11) is 0. The van der Waals surface area contributed by atoms with Gasteiger partial charge in [0.15, 0.2) is 0 Å². The fourth-order valence-corrected chi connectivity index (χ4v) is 3.96. The van der Waals surface area contributed by atoms with Gasteiger partial charge in [-0.3, -0.25) is 0 Å². The van der Waals surface area contributed by atoms with E-state index in [9.17, 15) is 5.11 Å². The highest BCUT2D eigenvalue weighted by Crippen LogP contribution is 2.28. The number of ether oxygens (including phenoxy) is 1. The molecule has 3 saturated heterocycles. The molecule has 144 valence electrons. The predicted molar refractivity (Wildman–Crippen MR) is 102 cm³/mol. The molecule has 3 aliphatic rings. The summed E-state index contributed by atoms with van der Waals surface area (Å²) in [6, 6.07) is 2.08. The topological polar surface area (TPSA) is 73.8 Å². The lowest BCUT2D eigenvalue weighted by molar-refractivity contribution is 0.140. The quantitative estimate of drug-likeness (QED) is 0.679. The number of rotatable bonds is 8. The third kappa shape index (κ3) is 4.45. The van der Waals surface area contributed by atoms with Gasteiger partial charge >= 0.3 is 0 Å². The molecule has 0 spiro atoms. The number of hydrogen-bond acceptors (Lipinski definition) is 7. The molecule has 3 aliphatic heterocycles. The fourth-order valence-electron chi connectivity index (χ4n) is 3.96. The summed E-state index contributed by atoms with van der Waals surface area (Å²) >= 11 is 0. The van der Waals surface area contributed by atoms with E-state index >= 15 is 0 Å². The maximum absolute atomic E-state index is 9.58. The van der Waals surface area contributed by atoms with Crippen molar-refractivity contribution in [2.75, 3.05) is 62.7 Å². The molecule has 4 heterocycles. The number of aromatic nitrogens is 2. The fraction of sp³-hybridized carbons (Fsp3) is 0.789. The smallest absolute Gasteiger partial charge is 0.227 e. The number of nitrogens with zero attached hydrogens (tertiary/aromatic N) is 4. The second kappa shape index (κ2) is 8.50. The largest absolute Gasteiger partial charge is 0.389 e. The van der Waals surface area contributed by atoms with Crippen LogP contribution in [0.2, 0.25) is 0 Å². The van der Waals surface area contributed by atoms with Gasteiger partial charge in [0.25, 0.3) is 0 Å². The summed E-state index contributed by atoms with van der Waals surface area (Å²) in [5, 5.41) is 13.1. The van der Waals surface area contributed by atoms with E-state index in [0.717, 1.165) is 50.1 Å². The van der Waals surface area contributed by atoms with E-state index in [0.29, 0.717) is 19.0 Å². The molecule has 1 atom stereocenters. The molecular weight excluding hydrogens is 330 g/mol. The first-order valence-corrected chi connectivity index (χ1v) is 10.1. The van der Waals surface area contributed by atoms with E-state index < -0.39 is 0 Å². The van der Waals surface area contributed by atoms with Gasteiger partial charge in [-0.2, -0.15) is 4.98 Å². The van der Waals surface area contributed by atoms with Crippen LogP contribution in [-0.4, -0.2) is 78.6 Å². The number of nitrogens with one attached hydrogen (secondary N) is 1. The molecule has 0 saturated carbocycles. The number of hydrogen-bond donors (Lipinski definition) is 2. The van der Waals surface area contributed by atoms with Crippen LogP contribution in [0.15, 0.2) is 6.07 Å². The third-order valence-corrected chi connectivity index (χ3v) is 5.63. The predicted octanol–water partition coefficient (Wildman–Crippen LogP) is 1.45. The van der Waals surface area contributed by atoms with Gasteiger partial charge in [-0.05, 0) is 51.7 Å². The lowest BCUT2D eigenvalue weighted by Crippen LogP contribution is -2.51. The lowest BCUT2D eigenvalue weighted by atomic mass is 10.0. The van der Waals surface area contributed by atoms with Gasteiger partial charge < -0.3 is 25.0 Å². The maximum atomic E-state index is 9.58. The van der Waals surface area contributed by atoms with Crippen molar-refractivity contribution >= 4 is 11.8 Å². The van der Waals surface area contributed by atoms with Gasteiger partial charge in [0.05, 0.1) is 18.4 Å². The Kier molecular flexibility index (Phi) is 5.87. The Balaban J connectivity index is 1.32. The second-order valence-corrected chi connectivity index (χ2v) is 7.78. The van der Waals surface area contributed by atoms with Gasteiger partial charge in [-0.25, -0.2) is 4.98 Å². The molecule has 0 aromatic carbocycles. The minimum Gasteiger partial charge on any atom is -0.389 e. The molecule has 7 nitrogen and oxygen atoms in total. The van der Waals surface area contributed by atoms with Crippen molar-refractivity contribution < 1.29 is 9.84 Å². The van der Waals surface area contributed by atoms with Crippen LogP contribution < -0.4 is 10.2 Å². The maximum Gasteiger partial charge on any atom is 0.227 e. The normalized spacial score (nSPS) is 24.2. The number of aliphatic hydroxyl groups excluding tert-OH is 1. The van der Waals surface area contributed by atoms with Gasteiger partial charge in [0, 0.05) is 38.2 Å². The van der Waals surface area contributed by atoms with Crippen LogP contribution in [0.4, 0.5) is 11.8 Å². The second-order valence-electron chi connectivity index (χ2n) is 7.78. The monoisotopic (exact) mass is 361 g/mol. The molecule has 0 aliphatic carbocycles. The zero-order valence-corrected chi connectivity index (χ0v) is 15.6. The molecular formula is C19H31N5O2. The molecule has 7 heteroatoms. The summed E-state index contributed by atoms with van der Waals surface area (Å²) in [6.07, 6.45) is 5.88. The van der Waals surface area contributed by atoms with Crippen LogP contribution in [0.3, 0.4) is 0 Å². The minimum absolute atomic E-state index is 0.251. The summed E-state index contributed by atoms with van der Waals surface area (Å²) in [6.45, 7) is 7.51. The van der Waals surface area contributed by atoms with Crippen LogP contribution in [0, 0.1) is 0 Å². The van der Waals surface area contributed by atoms with Crippen LogP contribution >= 0.6 is 0 Å². The molecule has 1 aromatic heterocycles. The molecule has 3 fully saturated rings. The molecule has 0 unspecified atom stereocenters. The standard InChI is InChI=1S/C19H31N5O2/c25-16-12-24(13-16)19-21-17(15-5-10-26-14-15)11-18(22-19)20-6-1-2-7-23-8-3-4-9-23/h11,15-16,25H,1-10,12-14H2,(H,20,21,22)/t15-/m0/s1. The Morgan fingerprint density at radius 2 is 2.04 bits per heavy atom. The average Bonchev–Trinajstić information content (AvgIpc) is 3.32. The Morgan fingerprint density at radius 3 is 2.77 bits per heavy atom. The summed E-state index contributed by atoms with van der Waals surface area (Å²) < 4.78 is 5.53. The Bertz CT molecular complexity index is 581. The van der Waals surface area contributed by atoms with Gasteiger partial charge in [0.1, 0.15) is 5.82 Å². The Labute approximate surface area is 155 Å². The van der Waals surface area contributed by atoms with Crippen LogP contribution in [0.1, 0.15) is 43.7 Å². The zero-order chi connectivity index (χ0) is 17.8. The average molecular weight is 361 g/mol. The van der Waals surface area contributed by atoms with E-state index in [-0.39, 0.29) is 6.10 Å². The van der Waals surface area contributed by atoms with Crippen LogP contribution in [0.5, 0.6) is 0 Å². The van der Waals surface area contributed by atoms with Crippen molar-refractivity contribution in [2.45, 2.75) is 44.1 Å². The molecule has 0 amide bonds. The number of aliphatic hydroxyl groups is 1. The summed E-state index contributed by atoms with van der Waals surface area (Å²) in [4.78, 5) is 14.0. The molecule has 4 rings (SSSR count). The number of anilines is 2. The van der Waals surface area contributed by atoms with Crippen molar-refractivity contribution in [1.82, 2.24) is 14.9 Å². The molecule has 1 aromatic rings. The van der Waals surface area contributed by atoms with Crippen molar-refractivity contribution in [1.29, 1.82) is 0 Å². The van der Waals surface area contributed by atoms with Gasteiger partial charge in [-0.15, -0.1) is 0 Å². The van der Waals surface area contributed by atoms with Crippen molar-refractivity contribution in [3.05, 3.63) is 11.8 Å². The van der Waals surface area contributed by atoms with Crippen molar-refractivity contribution in [3.8, 4) is 0 Å². The lowest BCUT2D eigenvalue weighted by Gasteiger charge is -2.36. The molecule has 26 heavy (non-hydrogen) atoms. The van der Waals surface area contributed by atoms with Gasteiger partial charge in [0.2, 0.25) is 5.95 Å². The van der Waals surface area contributed by atoms with E-state index in [4.69, 9.17) is 9.72 Å². The van der Waals surface area contributed by atoms with E-state index in [1.165, 1.54) is 38.9 Å². The molecule has 2 N–H and O–H groups in total. The number of likely N-dealkylation sites (tertiary alicyclic amines) is 1.